The quantitative estimate of drug-likeness (QED) is 0.735. The lowest BCUT2D eigenvalue weighted by Gasteiger charge is -2.33. The molecule has 0 spiro atoms. The van der Waals surface area contributed by atoms with Gasteiger partial charge in [0, 0.05) is 18.3 Å². The molecule has 18 heavy (non-hydrogen) atoms. The van der Waals surface area contributed by atoms with Crippen LogP contribution in [0, 0.1) is 5.92 Å². The van der Waals surface area contributed by atoms with Crippen molar-refractivity contribution in [3.8, 4) is 0 Å². The maximum absolute atomic E-state index is 5.95. The minimum atomic E-state index is 0.482. The molecule has 2 aromatic rings. The predicted molar refractivity (Wildman–Crippen MR) is 73.4 cm³/mol. The van der Waals surface area contributed by atoms with Gasteiger partial charge in [-0.1, -0.05) is 36.7 Å². The number of para-hydroxylation sites is 1. The van der Waals surface area contributed by atoms with Crippen LogP contribution in [0.4, 0.5) is 11.5 Å². The summed E-state index contributed by atoms with van der Waals surface area (Å²) in [6.45, 7) is 3.22. The number of hydrogen-bond donors (Lipinski definition) is 0. The summed E-state index contributed by atoms with van der Waals surface area (Å²) in [5, 5.41) is 0.482. The first-order valence-electron chi connectivity index (χ1n) is 6.07. The predicted octanol–water partition coefficient (Wildman–Crippen LogP) is 3.46. The lowest BCUT2D eigenvalue weighted by atomic mass is 9.94. The van der Waals surface area contributed by atoms with Crippen LogP contribution in [0.25, 0.3) is 0 Å². The fourth-order valence-electron chi connectivity index (χ4n) is 2.49. The van der Waals surface area contributed by atoms with Gasteiger partial charge in [-0.15, -0.1) is 0 Å². The van der Waals surface area contributed by atoms with Gasteiger partial charge >= 0.3 is 0 Å². The van der Waals surface area contributed by atoms with E-state index in [-0.39, 0.29) is 0 Å². The average Bonchev–Trinajstić information content (AvgIpc) is 2.37. The van der Waals surface area contributed by atoms with Gasteiger partial charge in [0.1, 0.15) is 17.3 Å². The first kappa shape index (κ1) is 11.5. The maximum atomic E-state index is 5.95. The van der Waals surface area contributed by atoms with Crippen LogP contribution in [0.5, 0.6) is 0 Å². The molecule has 1 atom stereocenters. The van der Waals surface area contributed by atoms with Gasteiger partial charge in [0.2, 0.25) is 0 Å². The summed E-state index contributed by atoms with van der Waals surface area (Å²) in [7, 11) is 0. The molecule has 0 amide bonds. The number of fused-ring (bicyclic) bond motifs is 1. The summed E-state index contributed by atoms with van der Waals surface area (Å²) in [5.41, 5.74) is 2.59. The van der Waals surface area contributed by atoms with Crippen molar-refractivity contribution in [2.75, 3.05) is 11.4 Å². The van der Waals surface area contributed by atoms with Gasteiger partial charge in [-0.25, -0.2) is 9.97 Å². The monoisotopic (exact) mass is 259 g/mol. The standard InChI is InChI=1S/C14H14ClN3/c1-10-6-11-4-2-3-5-12(11)18(8-10)14-7-13(15)16-9-17-14/h2-5,7,9-10H,6,8H2,1H3. The fourth-order valence-corrected chi connectivity index (χ4v) is 2.63. The molecule has 1 aromatic heterocycles. The van der Waals surface area contributed by atoms with Crippen LogP contribution in [0.1, 0.15) is 12.5 Å². The first-order valence-corrected chi connectivity index (χ1v) is 6.45. The summed E-state index contributed by atoms with van der Waals surface area (Å²) in [4.78, 5) is 10.5. The van der Waals surface area contributed by atoms with Crippen molar-refractivity contribution in [3.63, 3.8) is 0 Å². The Morgan fingerprint density at radius 3 is 2.94 bits per heavy atom. The van der Waals surface area contributed by atoms with Crippen LogP contribution in [0.15, 0.2) is 36.7 Å². The molecule has 0 fully saturated rings. The molecule has 0 radical (unpaired) electrons. The van der Waals surface area contributed by atoms with Gasteiger partial charge in [-0.2, -0.15) is 0 Å². The average molecular weight is 260 g/mol. The van der Waals surface area contributed by atoms with E-state index < -0.39 is 0 Å². The third-order valence-corrected chi connectivity index (χ3v) is 3.45. The van der Waals surface area contributed by atoms with Crippen molar-refractivity contribution in [3.05, 3.63) is 47.4 Å². The van der Waals surface area contributed by atoms with Crippen molar-refractivity contribution in [1.29, 1.82) is 0 Å². The van der Waals surface area contributed by atoms with Crippen LogP contribution in [0.3, 0.4) is 0 Å². The number of aromatic nitrogens is 2. The second-order valence-corrected chi connectivity index (χ2v) is 5.13. The number of benzene rings is 1. The van der Waals surface area contributed by atoms with E-state index in [4.69, 9.17) is 11.6 Å². The topological polar surface area (TPSA) is 29.0 Å². The highest BCUT2D eigenvalue weighted by molar-refractivity contribution is 6.29. The molecule has 1 aliphatic heterocycles. The van der Waals surface area contributed by atoms with Gasteiger partial charge in [0.25, 0.3) is 0 Å². The van der Waals surface area contributed by atoms with Crippen molar-refractivity contribution < 1.29 is 0 Å². The molecule has 0 bridgehead atoms. The Morgan fingerprint density at radius 2 is 2.11 bits per heavy atom. The lowest BCUT2D eigenvalue weighted by molar-refractivity contribution is 0.560. The van der Waals surface area contributed by atoms with Crippen LogP contribution in [-0.2, 0) is 6.42 Å². The summed E-state index contributed by atoms with van der Waals surface area (Å²) in [5.74, 6) is 1.47. The van der Waals surface area contributed by atoms with E-state index in [2.05, 4.69) is 46.1 Å². The van der Waals surface area contributed by atoms with Crippen molar-refractivity contribution >= 4 is 23.1 Å². The molecular weight excluding hydrogens is 246 g/mol. The van der Waals surface area contributed by atoms with E-state index >= 15 is 0 Å². The summed E-state index contributed by atoms with van der Waals surface area (Å²) in [6, 6.07) is 10.3. The second kappa shape index (κ2) is 4.58. The number of nitrogens with zero attached hydrogens (tertiary/aromatic N) is 3. The van der Waals surface area contributed by atoms with Gasteiger partial charge in [0.15, 0.2) is 0 Å². The lowest BCUT2D eigenvalue weighted by Crippen LogP contribution is -2.30. The molecule has 2 heterocycles. The summed E-state index contributed by atoms with van der Waals surface area (Å²) >= 11 is 5.95. The molecule has 92 valence electrons. The molecule has 4 heteroatoms. The van der Waals surface area contributed by atoms with Crippen LogP contribution >= 0.6 is 11.6 Å². The summed E-state index contributed by atoms with van der Waals surface area (Å²) in [6.07, 6.45) is 2.63. The zero-order valence-corrected chi connectivity index (χ0v) is 10.9. The minimum absolute atomic E-state index is 0.482. The molecule has 1 unspecified atom stereocenters. The smallest absolute Gasteiger partial charge is 0.137 e. The van der Waals surface area contributed by atoms with Gasteiger partial charge in [-0.3, -0.25) is 0 Å². The van der Waals surface area contributed by atoms with Crippen LogP contribution < -0.4 is 4.90 Å². The van der Waals surface area contributed by atoms with E-state index in [0.717, 1.165) is 18.8 Å². The van der Waals surface area contributed by atoms with E-state index in [9.17, 15) is 0 Å². The Kier molecular flexibility index (Phi) is 2.92. The molecule has 1 aromatic carbocycles. The Balaban J connectivity index is 2.07. The van der Waals surface area contributed by atoms with E-state index in [1.165, 1.54) is 17.6 Å². The number of hydrogen-bond acceptors (Lipinski definition) is 3. The maximum Gasteiger partial charge on any atom is 0.137 e. The highest BCUT2D eigenvalue weighted by Crippen LogP contribution is 2.34. The van der Waals surface area contributed by atoms with Crippen molar-refractivity contribution in [1.82, 2.24) is 9.97 Å². The van der Waals surface area contributed by atoms with Gasteiger partial charge < -0.3 is 4.90 Å². The van der Waals surface area contributed by atoms with E-state index in [0.29, 0.717) is 11.1 Å². The fraction of sp³-hybridized carbons (Fsp3) is 0.286. The van der Waals surface area contributed by atoms with E-state index in [1.807, 2.05) is 6.07 Å². The van der Waals surface area contributed by atoms with Gasteiger partial charge in [-0.05, 0) is 24.0 Å². The highest BCUT2D eigenvalue weighted by atomic mass is 35.5. The number of anilines is 2. The molecule has 0 saturated carbocycles. The minimum Gasteiger partial charge on any atom is -0.326 e. The van der Waals surface area contributed by atoms with Gasteiger partial charge in [0.05, 0.1) is 0 Å². The molecule has 3 nitrogen and oxygen atoms in total. The zero-order valence-electron chi connectivity index (χ0n) is 10.2. The highest BCUT2D eigenvalue weighted by Gasteiger charge is 2.23. The molecule has 3 rings (SSSR count). The molecule has 1 aliphatic rings. The molecular formula is C14H14ClN3. The molecule has 0 aliphatic carbocycles. The molecule has 0 N–H and O–H groups in total. The zero-order chi connectivity index (χ0) is 12.5. The Bertz CT molecular complexity index is 570. The largest absolute Gasteiger partial charge is 0.326 e. The SMILES string of the molecule is CC1Cc2ccccc2N(c2cc(Cl)ncn2)C1. The van der Waals surface area contributed by atoms with Crippen molar-refractivity contribution in [2.45, 2.75) is 13.3 Å². The Labute approximate surface area is 111 Å². The second-order valence-electron chi connectivity index (χ2n) is 4.75. The normalized spacial score (nSPS) is 18.6. The van der Waals surface area contributed by atoms with Crippen LogP contribution in [-0.4, -0.2) is 16.5 Å². The third kappa shape index (κ3) is 2.06. The van der Waals surface area contributed by atoms with E-state index in [1.54, 1.807) is 0 Å². The Hall–Kier alpha value is -1.61. The number of halogens is 1. The summed E-state index contributed by atoms with van der Waals surface area (Å²) < 4.78 is 0. The molecule has 0 saturated heterocycles. The van der Waals surface area contributed by atoms with Crippen molar-refractivity contribution in [2.24, 2.45) is 5.92 Å². The van der Waals surface area contributed by atoms with Crippen LogP contribution in [0.2, 0.25) is 5.15 Å². The first-order chi connectivity index (χ1) is 8.74. The number of rotatable bonds is 1. The third-order valence-electron chi connectivity index (χ3n) is 3.24. The Morgan fingerprint density at radius 1 is 1.28 bits per heavy atom.